The molecule has 7 nitrogen and oxygen atoms in total. The summed E-state index contributed by atoms with van der Waals surface area (Å²) in [4.78, 5) is 22.1. The monoisotopic (exact) mass is 503 g/mol. The molecule has 3 aromatic rings. The molecule has 1 fully saturated rings. The molecule has 0 spiro atoms. The Labute approximate surface area is 189 Å². The average Bonchev–Trinajstić information content (AvgIpc) is 2.75. The molecule has 1 aromatic carbocycles. The molecule has 1 aliphatic rings. The van der Waals surface area contributed by atoms with Crippen LogP contribution < -0.4 is 15.2 Å². The summed E-state index contributed by atoms with van der Waals surface area (Å²) < 4.78 is 30.6. The number of anilines is 1. The van der Waals surface area contributed by atoms with Gasteiger partial charge in [0.2, 0.25) is 0 Å². The highest BCUT2D eigenvalue weighted by atomic mass is 79.9. The van der Waals surface area contributed by atoms with E-state index in [0.717, 1.165) is 42.5 Å². The van der Waals surface area contributed by atoms with Gasteiger partial charge in [0, 0.05) is 49.1 Å². The Bertz CT molecular complexity index is 1220. The number of ether oxygens (including phenoxy) is 1. The van der Waals surface area contributed by atoms with Crippen molar-refractivity contribution < 1.29 is 13.2 Å². The van der Waals surface area contributed by atoms with Gasteiger partial charge in [0.05, 0.1) is 10.5 Å². The number of piperidine rings is 1. The zero-order chi connectivity index (χ0) is 22.0. The van der Waals surface area contributed by atoms with E-state index < -0.39 is 9.84 Å². The van der Waals surface area contributed by atoms with E-state index in [0.29, 0.717) is 16.9 Å². The second kappa shape index (κ2) is 8.84. The van der Waals surface area contributed by atoms with Gasteiger partial charge in [-0.25, -0.2) is 13.4 Å². The third-order valence-corrected chi connectivity index (χ3v) is 6.86. The number of aromatic nitrogens is 2. The van der Waals surface area contributed by atoms with Crippen molar-refractivity contribution in [3.05, 3.63) is 69.7 Å². The summed E-state index contributed by atoms with van der Waals surface area (Å²) in [7, 11) is -3.30. The quantitative estimate of drug-likeness (QED) is 0.571. The Hall–Kier alpha value is -2.65. The highest BCUT2D eigenvalue weighted by Gasteiger charge is 2.23. The van der Waals surface area contributed by atoms with Crippen molar-refractivity contribution in [2.24, 2.45) is 0 Å². The fourth-order valence-corrected chi connectivity index (χ4v) is 4.50. The molecule has 1 aliphatic heterocycles. The van der Waals surface area contributed by atoms with E-state index in [9.17, 15) is 13.2 Å². The van der Waals surface area contributed by atoms with Crippen LogP contribution in [0.15, 0.2) is 69.0 Å². The smallest absolute Gasteiger partial charge is 0.259 e. The first-order valence-corrected chi connectivity index (χ1v) is 12.5. The average molecular weight is 504 g/mol. The Kier molecular flexibility index (Phi) is 6.15. The molecule has 0 atom stereocenters. The fraction of sp³-hybridized carbons (Fsp3) is 0.273. The number of benzene rings is 1. The molecular weight excluding hydrogens is 482 g/mol. The first kappa shape index (κ1) is 21.6. The van der Waals surface area contributed by atoms with Gasteiger partial charge in [0.1, 0.15) is 17.7 Å². The van der Waals surface area contributed by atoms with Gasteiger partial charge in [-0.15, -0.1) is 0 Å². The maximum Gasteiger partial charge on any atom is 0.259 e. The van der Waals surface area contributed by atoms with Crippen LogP contribution in [0.4, 0.5) is 5.82 Å². The molecule has 0 amide bonds. The molecule has 0 radical (unpaired) electrons. The molecule has 4 rings (SSSR count). The largest absolute Gasteiger partial charge is 0.489 e. The topological polar surface area (TPSA) is 92.4 Å². The molecule has 0 unspecified atom stereocenters. The molecule has 3 heterocycles. The van der Waals surface area contributed by atoms with Gasteiger partial charge < -0.3 is 14.6 Å². The Morgan fingerprint density at radius 2 is 1.81 bits per heavy atom. The third kappa shape index (κ3) is 4.99. The minimum Gasteiger partial charge on any atom is -0.489 e. The second-order valence-corrected chi connectivity index (χ2v) is 10.4. The minimum absolute atomic E-state index is 0.0254. The van der Waals surface area contributed by atoms with E-state index in [-0.39, 0.29) is 16.6 Å². The van der Waals surface area contributed by atoms with Crippen LogP contribution >= 0.6 is 15.9 Å². The minimum atomic E-state index is -3.30. The predicted molar refractivity (Wildman–Crippen MR) is 123 cm³/mol. The van der Waals surface area contributed by atoms with E-state index in [1.807, 2.05) is 12.1 Å². The molecule has 2 aromatic heterocycles. The van der Waals surface area contributed by atoms with Crippen molar-refractivity contribution in [3.63, 3.8) is 0 Å². The number of halogens is 1. The van der Waals surface area contributed by atoms with Crippen LogP contribution in [0.1, 0.15) is 12.8 Å². The van der Waals surface area contributed by atoms with Crippen molar-refractivity contribution in [2.75, 3.05) is 24.2 Å². The standard InChI is InChI=1S/C22H22BrN3O4S/c1-31(28,29)18-5-2-15(3-6-18)21-19(8-11-24-22(21)27)30-17-9-12-26(13-10-17)20-7-4-16(23)14-25-20/h2-8,11,14,17H,9-10,12-13H2,1H3,(H,24,27). The molecule has 0 saturated carbocycles. The van der Waals surface area contributed by atoms with Crippen LogP contribution in [0, 0.1) is 0 Å². The predicted octanol–water partition coefficient (Wildman–Crippen LogP) is 3.65. The lowest BCUT2D eigenvalue weighted by Crippen LogP contribution is -2.38. The van der Waals surface area contributed by atoms with Gasteiger partial charge in [0.25, 0.3) is 5.56 Å². The fourth-order valence-electron chi connectivity index (χ4n) is 3.64. The van der Waals surface area contributed by atoms with Crippen LogP contribution in [0.25, 0.3) is 11.1 Å². The van der Waals surface area contributed by atoms with Crippen molar-refractivity contribution in [2.45, 2.75) is 23.8 Å². The highest BCUT2D eigenvalue weighted by Crippen LogP contribution is 2.30. The molecule has 162 valence electrons. The van der Waals surface area contributed by atoms with E-state index in [1.165, 1.54) is 12.1 Å². The van der Waals surface area contributed by atoms with Gasteiger partial charge in [-0.2, -0.15) is 0 Å². The van der Waals surface area contributed by atoms with Crippen LogP contribution in [0.2, 0.25) is 0 Å². The first-order valence-electron chi connectivity index (χ1n) is 9.86. The lowest BCUT2D eigenvalue weighted by Gasteiger charge is -2.33. The Balaban J connectivity index is 1.51. The third-order valence-electron chi connectivity index (χ3n) is 5.27. The Morgan fingerprint density at radius 1 is 1.10 bits per heavy atom. The summed E-state index contributed by atoms with van der Waals surface area (Å²) in [5.74, 6) is 1.43. The van der Waals surface area contributed by atoms with Crippen LogP contribution in [0.3, 0.4) is 0 Å². The van der Waals surface area contributed by atoms with Crippen LogP contribution in [0.5, 0.6) is 5.75 Å². The SMILES string of the molecule is CS(=O)(=O)c1ccc(-c2c(OC3CCN(c4ccc(Br)cn4)CC3)cc[nH]c2=O)cc1. The first-order chi connectivity index (χ1) is 14.8. The van der Waals surface area contributed by atoms with E-state index in [1.54, 1.807) is 30.6 Å². The van der Waals surface area contributed by atoms with Crippen molar-refractivity contribution in [3.8, 4) is 16.9 Å². The molecule has 31 heavy (non-hydrogen) atoms. The summed E-state index contributed by atoms with van der Waals surface area (Å²) in [6.45, 7) is 1.61. The van der Waals surface area contributed by atoms with Crippen molar-refractivity contribution in [1.29, 1.82) is 0 Å². The Morgan fingerprint density at radius 3 is 2.42 bits per heavy atom. The normalized spacial score (nSPS) is 15.1. The summed E-state index contributed by atoms with van der Waals surface area (Å²) in [6, 6.07) is 12.0. The molecule has 9 heteroatoms. The lowest BCUT2D eigenvalue weighted by atomic mass is 10.1. The van der Waals surface area contributed by atoms with E-state index >= 15 is 0 Å². The van der Waals surface area contributed by atoms with E-state index in [2.05, 4.69) is 30.8 Å². The number of H-pyrrole nitrogens is 1. The van der Waals surface area contributed by atoms with Gasteiger partial charge in [0.15, 0.2) is 9.84 Å². The molecule has 0 bridgehead atoms. The molecule has 1 saturated heterocycles. The zero-order valence-corrected chi connectivity index (χ0v) is 19.3. The van der Waals surface area contributed by atoms with Crippen LogP contribution in [-0.2, 0) is 9.84 Å². The number of hydrogen-bond donors (Lipinski definition) is 1. The lowest BCUT2D eigenvalue weighted by molar-refractivity contribution is 0.171. The summed E-state index contributed by atoms with van der Waals surface area (Å²) in [5.41, 5.74) is 0.737. The van der Waals surface area contributed by atoms with E-state index in [4.69, 9.17) is 4.74 Å². The molecule has 0 aliphatic carbocycles. The van der Waals surface area contributed by atoms with Crippen LogP contribution in [-0.4, -0.2) is 43.8 Å². The summed E-state index contributed by atoms with van der Waals surface area (Å²) >= 11 is 3.40. The number of nitrogens with one attached hydrogen (secondary N) is 1. The second-order valence-electron chi connectivity index (χ2n) is 7.48. The van der Waals surface area contributed by atoms with Gasteiger partial charge in [-0.05, 0) is 51.8 Å². The van der Waals surface area contributed by atoms with Gasteiger partial charge >= 0.3 is 0 Å². The number of pyridine rings is 2. The summed E-state index contributed by atoms with van der Waals surface area (Å²) in [5, 5.41) is 0. The summed E-state index contributed by atoms with van der Waals surface area (Å²) in [6.07, 6.45) is 6.08. The van der Waals surface area contributed by atoms with Gasteiger partial charge in [-0.1, -0.05) is 12.1 Å². The number of rotatable bonds is 5. The number of hydrogen-bond acceptors (Lipinski definition) is 6. The number of aromatic amines is 1. The molecule has 1 N–H and O–H groups in total. The molecular formula is C22H22BrN3O4S. The highest BCUT2D eigenvalue weighted by molar-refractivity contribution is 9.10. The number of nitrogens with zero attached hydrogens (tertiary/aromatic N) is 2. The van der Waals surface area contributed by atoms with Crippen molar-refractivity contribution >= 4 is 31.6 Å². The maximum absolute atomic E-state index is 12.6. The zero-order valence-electron chi connectivity index (χ0n) is 16.9. The number of sulfone groups is 1. The van der Waals surface area contributed by atoms with Crippen molar-refractivity contribution in [1.82, 2.24) is 9.97 Å². The van der Waals surface area contributed by atoms with Gasteiger partial charge in [-0.3, -0.25) is 4.79 Å². The maximum atomic E-state index is 12.6.